The Balaban J connectivity index is 2.02. The average Bonchev–Trinajstić information content (AvgIpc) is 2.39. The number of benzene rings is 1. The quantitative estimate of drug-likeness (QED) is 0.921. The number of piperidine rings is 1. The number of halogens is 1. The summed E-state index contributed by atoms with van der Waals surface area (Å²) in [5.74, 6) is 0.0288. The summed E-state index contributed by atoms with van der Waals surface area (Å²) in [6.07, 6.45) is 1.25. The summed E-state index contributed by atoms with van der Waals surface area (Å²) in [6.45, 7) is 2.69. The summed E-state index contributed by atoms with van der Waals surface area (Å²) < 4.78 is 27.1. The van der Waals surface area contributed by atoms with E-state index in [-0.39, 0.29) is 16.8 Å². The zero-order chi connectivity index (χ0) is 14.8. The van der Waals surface area contributed by atoms with Crippen LogP contribution in [0, 0.1) is 0 Å². The van der Waals surface area contributed by atoms with Crippen LogP contribution in [0.15, 0.2) is 29.2 Å². The van der Waals surface area contributed by atoms with Gasteiger partial charge in [-0.3, -0.25) is 4.79 Å². The molecule has 0 aromatic heterocycles. The lowest BCUT2D eigenvalue weighted by Crippen LogP contribution is -2.45. The van der Waals surface area contributed by atoms with Crippen LogP contribution >= 0.6 is 11.6 Å². The van der Waals surface area contributed by atoms with Crippen LogP contribution < -0.4 is 4.72 Å². The molecular weight excluding hydrogens is 300 g/mol. The highest BCUT2D eigenvalue weighted by Crippen LogP contribution is 2.18. The molecule has 1 aromatic rings. The summed E-state index contributed by atoms with van der Waals surface area (Å²) in [5.41, 5.74) is 0. The fraction of sp³-hybridized carbons (Fsp3) is 0.462. The van der Waals surface area contributed by atoms with Crippen molar-refractivity contribution in [2.45, 2.75) is 30.7 Å². The summed E-state index contributed by atoms with van der Waals surface area (Å²) in [6, 6.07) is 6.03. The fourth-order valence-corrected chi connectivity index (χ4v) is 3.84. The minimum Gasteiger partial charge on any atom is -0.343 e. The number of likely N-dealkylation sites (tertiary alicyclic amines) is 1. The Bertz CT molecular complexity index is 595. The van der Waals surface area contributed by atoms with Gasteiger partial charge in [-0.15, -0.1) is 0 Å². The number of carbonyl (C=O) groups excluding carboxylic acids is 1. The van der Waals surface area contributed by atoms with Crippen molar-refractivity contribution in [1.82, 2.24) is 9.62 Å². The number of nitrogens with zero attached hydrogens (tertiary/aromatic N) is 1. The standard InChI is InChI=1S/C13H17ClN2O3S/c1-10(17)16-7-5-12(6-8-16)15-20(18,19)13-4-2-3-11(14)9-13/h2-4,9,12,15H,5-8H2,1H3. The second-order valence-corrected chi connectivity index (χ2v) is 7.01. The van der Waals surface area contributed by atoms with Crippen molar-refractivity contribution in [2.75, 3.05) is 13.1 Å². The molecule has 5 nitrogen and oxygen atoms in total. The van der Waals surface area contributed by atoms with Crippen molar-refractivity contribution in [3.8, 4) is 0 Å². The Morgan fingerprint density at radius 3 is 2.55 bits per heavy atom. The molecule has 1 aromatic carbocycles. The molecule has 0 spiro atoms. The van der Waals surface area contributed by atoms with E-state index in [4.69, 9.17) is 11.6 Å². The Morgan fingerprint density at radius 2 is 2.00 bits per heavy atom. The third-order valence-electron chi connectivity index (χ3n) is 3.37. The number of nitrogens with one attached hydrogen (secondary N) is 1. The van der Waals surface area contributed by atoms with Crippen LogP contribution in [0.3, 0.4) is 0 Å². The van der Waals surface area contributed by atoms with Crippen LogP contribution in [-0.2, 0) is 14.8 Å². The smallest absolute Gasteiger partial charge is 0.240 e. The van der Waals surface area contributed by atoms with E-state index >= 15 is 0 Å². The van der Waals surface area contributed by atoms with Gasteiger partial charge < -0.3 is 4.90 Å². The molecule has 1 fully saturated rings. The Kier molecular flexibility index (Phi) is 4.67. The van der Waals surface area contributed by atoms with Gasteiger partial charge in [-0.2, -0.15) is 0 Å². The highest BCUT2D eigenvalue weighted by atomic mass is 35.5. The summed E-state index contributed by atoms with van der Waals surface area (Å²) in [4.78, 5) is 13.1. The van der Waals surface area contributed by atoms with Crippen molar-refractivity contribution in [3.63, 3.8) is 0 Å². The summed E-state index contributed by atoms with van der Waals surface area (Å²) in [7, 11) is -3.56. The first kappa shape index (κ1) is 15.3. The number of hydrogen-bond donors (Lipinski definition) is 1. The SMILES string of the molecule is CC(=O)N1CCC(NS(=O)(=O)c2cccc(Cl)c2)CC1. The van der Waals surface area contributed by atoms with Gasteiger partial charge in [0.05, 0.1) is 4.90 Å². The number of carbonyl (C=O) groups is 1. The Morgan fingerprint density at radius 1 is 1.35 bits per heavy atom. The predicted octanol–water partition coefficient (Wildman–Crippen LogP) is 1.63. The molecule has 0 bridgehead atoms. The molecule has 1 aliphatic heterocycles. The number of amides is 1. The lowest BCUT2D eigenvalue weighted by atomic mass is 10.1. The van der Waals surface area contributed by atoms with Crippen LogP contribution in [0.1, 0.15) is 19.8 Å². The zero-order valence-corrected chi connectivity index (χ0v) is 12.7. The average molecular weight is 317 g/mol. The van der Waals surface area contributed by atoms with Crippen molar-refractivity contribution >= 4 is 27.5 Å². The Hall–Kier alpha value is -1.11. The second kappa shape index (κ2) is 6.11. The first-order valence-corrected chi connectivity index (χ1v) is 8.28. The minimum atomic E-state index is -3.56. The molecule has 110 valence electrons. The van der Waals surface area contributed by atoms with Crippen LogP contribution in [-0.4, -0.2) is 38.4 Å². The van der Waals surface area contributed by atoms with E-state index in [2.05, 4.69) is 4.72 Å². The highest BCUT2D eigenvalue weighted by Gasteiger charge is 2.25. The van der Waals surface area contributed by atoms with Gasteiger partial charge in [0.25, 0.3) is 0 Å². The summed E-state index contributed by atoms with van der Waals surface area (Å²) >= 11 is 5.81. The largest absolute Gasteiger partial charge is 0.343 e. The van der Waals surface area contributed by atoms with Gasteiger partial charge in [0.2, 0.25) is 15.9 Å². The first-order chi connectivity index (χ1) is 9.38. The minimum absolute atomic E-state index is 0.0288. The molecule has 0 unspecified atom stereocenters. The highest BCUT2D eigenvalue weighted by molar-refractivity contribution is 7.89. The van der Waals surface area contributed by atoms with Gasteiger partial charge in [-0.1, -0.05) is 17.7 Å². The molecule has 1 heterocycles. The number of sulfonamides is 1. The van der Waals surface area contributed by atoms with E-state index in [1.165, 1.54) is 19.1 Å². The second-order valence-electron chi connectivity index (χ2n) is 4.86. The monoisotopic (exact) mass is 316 g/mol. The molecule has 1 N–H and O–H groups in total. The van der Waals surface area contributed by atoms with Gasteiger partial charge in [0, 0.05) is 31.1 Å². The predicted molar refractivity (Wildman–Crippen MR) is 77.0 cm³/mol. The van der Waals surface area contributed by atoms with Gasteiger partial charge in [0.15, 0.2) is 0 Å². The van der Waals surface area contributed by atoms with Crippen molar-refractivity contribution in [3.05, 3.63) is 29.3 Å². The Labute approximate surface area is 124 Å². The maximum atomic E-state index is 12.2. The zero-order valence-electron chi connectivity index (χ0n) is 11.2. The molecule has 0 saturated carbocycles. The fourth-order valence-electron chi connectivity index (χ4n) is 2.23. The maximum absolute atomic E-state index is 12.2. The maximum Gasteiger partial charge on any atom is 0.240 e. The first-order valence-electron chi connectivity index (χ1n) is 6.42. The molecule has 7 heteroatoms. The van der Waals surface area contributed by atoms with Crippen LogP contribution in [0.2, 0.25) is 5.02 Å². The van der Waals surface area contributed by atoms with Crippen LogP contribution in [0.5, 0.6) is 0 Å². The molecule has 20 heavy (non-hydrogen) atoms. The van der Waals surface area contributed by atoms with Crippen LogP contribution in [0.4, 0.5) is 0 Å². The van der Waals surface area contributed by atoms with E-state index in [0.29, 0.717) is 31.0 Å². The third-order valence-corrected chi connectivity index (χ3v) is 5.12. The number of rotatable bonds is 3. The summed E-state index contributed by atoms with van der Waals surface area (Å²) in [5, 5.41) is 0.388. The molecule has 0 atom stereocenters. The van der Waals surface area contributed by atoms with Crippen molar-refractivity contribution in [1.29, 1.82) is 0 Å². The molecule has 0 aliphatic carbocycles. The van der Waals surface area contributed by atoms with Crippen molar-refractivity contribution in [2.24, 2.45) is 0 Å². The molecule has 1 aliphatic rings. The third kappa shape index (κ3) is 3.71. The molecule has 0 radical (unpaired) electrons. The molecule has 2 rings (SSSR count). The molecule has 1 amide bonds. The molecular formula is C13H17ClN2O3S. The normalized spacial score (nSPS) is 17.2. The topological polar surface area (TPSA) is 66.5 Å². The van der Waals surface area contributed by atoms with E-state index < -0.39 is 10.0 Å². The van der Waals surface area contributed by atoms with Gasteiger partial charge >= 0.3 is 0 Å². The van der Waals surface area contributed by atoms with E-state index in [1.54, 1.807) is 17.0 Å². The van der Waals surface area contributed by atoms with E-state index in [0.717, 1.165) is 0 Å². The lowest BCUT2D eigenvalue weighted by Gasteiger charge is -2.31. The number of hydrogen-bond acceptors (Lipinski definition) is 3. The molecule has 1 saturated heterocycles. The van der Waals surface area contributed by atoms with Gasteiger partial charge in [-0.05, 0) is 31.0 Å². The lowest BCUT2D eigenvalue weighted by molar-refractivity contribution is -0.129. The van der Waals surface area contributed by atoms with Gasteiger partial charge in [0.1, 0.15) is 0 Å². The van der Waals surface area contributed by atoms with Crippen LogP contribution in [0.25, 0.3) is 0 Å². The van der Waals surface area contributed by atoms with Crippen molar-refractivity contribution < 1.29 is 13.2 Å². The van der Waals surface area contributed by atoms with E-state index in [1.807, 2.05) is 0 Å². The van der Waals surface area contributed by atoms with E-state index in [9.17, 15) is 13.2 Å². The van der Waals surface area contributed by atoms with Gasteiger partial charge in [-0.25, -0.2) is 13.1 Å².